The summed E-state index contributed by atoms with van der Waals surface area (Å²) in [6.45, 7) is 8.86. The number of nitrogens with zero attached hydrogens (tertiary/aromatic N) is 2. The van der Waals surface area contributed by atoms with Crippen LogP contribution in [0.5, 0.6) is 0 Å². The molecule has 2 aliphatic heterocycles. The van der Waals surface area contributed by atoms with Gasteiger partial charge in [0.15, 0.2) is 0 Å². The first kappa shape index (κ1) is 16.8. The number of likely N-dealkylation sites (tertiary alicyclic amines) is 1. The number of hydrogen-bond donors (Lipinski definition) is 0. The Hall–Kier alpha value is -0.0300. The van der Waals surface area contributed by atoms with Crippen molar-refractivity contribution in [2.75, 3.05) is 32.7 Å². The summed E-state index contributed by atoms with van der Waals surface area (Å²) in [6, 6.07) is 8.67. The summed E-state index contributed by atoms with van der Waals surface area (Å²) in [5.74, 6) is 1.86. The summed E-state index contributed by atoms with van der Waals surface area (Å²) in [7, 11) is 0. The van der Waals surface area contributed by atoms with E-state index in [0.717, 1.165) is 16.3 Å². The predicted octanol–water partition coefficient (Wildman–Crippen LogP) is 4.90. The van der Waals surface area contributed by atoms with E-state index < -0.39 is 0 Å². The van der Waals surface area contributed by atoms with Crippen LogP contribution in [-0.4, -0.2) is 41.9 Å². The van der Waals surface area contributed by atoms with Crippen molar-refractivity contribution < 1.29 is 0 Å². The van der Waals surface area contributed by atoms with Gasteiger partial charge in [-0.1, -0.05) is 22.9 Å². The summed E-state index contributed by atoms with van der Waals surface area (Å²) < 4.78 is 3.70. The standard InChI is InChI=1S/C18H27BrN2S/c1-15-6-10-20(11-7-15)14-16-8-12-21(13-9-16)22-18-4-2-17(19)3-5-18/h2-5,15-16H,6-14H2,1H3. The molecule has 0 N–H and O–H groups in total. The second kappa shape index (κ2) is 8.18. The Bertz CT molecular complexity index is 449. The van der Waals surface area contributed by atoms with Crippen LogP contribution in [0.3, 0.4) is 0 Å². The Morgan fingerprint density at radius 2 is 1.64 bits per heavy atom. The second-order valence-corrected chi connectivity index (χ2v) is 8.99. The van der Waals surface area contributed by atoms with E-state index in [2.05, 4.69) is 56.3 Å². The lowest BCUT2D eigenvalue weighted by Crippen LogP contribution is -2.39. The van der Waals surface area contributed by atoms with Crippen molar-refractivity contribution in [3.05, 3.63) is 28.7 Å². The number of rotatable bonds is 4. The molecule has 2 fully saturated rings. The highest BCUT2D eigenvalue weighted by molar-refractivity contribution is 9.10. The Morgan fingerprint density at radius 3 is 2.27 bits per heavy atom. The third kappa shape index (κ3) is 4.98. The Morgan fingerprint density at radius 1 is 1.00 bits per heavy atom. The average molecular weight is 383 g/mol. The Balaban J connectivity index is 1.39. The van der Waals surface area contributed by atoms with Gasteiger partial charge in [0, 0.05) is 29.0 Å². The van der Waals surface area contributed by atoms with E-state index in [1.165, 1.54) is 63.3 Å². The normalized spacial score (nSPS) is 23.0. The lowest BCUT2D eigenvalue weighted by Gasteiger charge is -2.36. The third-order valence-electron chi connectivity index (χ3n) is 5.01. The SMILES string of the molecule is CC1CCN(CC2CCN(Sc3ccc(Br)cc3)CC2)CC1. The quantitative estimate of drug-likeness (QED) is 0.683. The number of piperidine rings is 2. The van der Waals surface area contributed by atoms with E-state index in [1.54, 1.807) is 0 Å². The maximum absolute atomic E-state index is 3.50. The van der Waals surface area contributed by atoms with Crippen LogP contribution in [-0.2, 0) is 0 Å². The second-order valence-electron chi connectivity index (χ2n) is 6.90. The number of halogens is 1. The van der Waals surface area contributed by atoms with Crippen LogP contribution in [0.2, 0.25) is 0 Å². The lowest BCUT2D eigenvalue weighted by atomic mass is 9.94. The minimum Gasteiger partial charge on any atom is -0.303 e. The van der Waals surface area contributed by atoms with E-state index in [9.17, 15) is 0 Å². The zero-order valence-electron chi connectivity index (χ0n) is 13.5. The van der Waals surface area contributed by atoms with Crippen LogP contribution < -0.4 is 0 Å². The van der Waals surface area contributed by atoms with Crippen LogP contribution in [0.15, 0.2) is 33.6 Å². The van der Waals surface area contributed by atoms with E-state index in [4.69, 9.17) is 0 Å². The molecule has 2 nitrogen and oxygen atoms in total. The maximum atomic E-state index is 3.50. The van der Waals surface area contributed by atoms with Crippen molar-refractivity contribution >= 4 is 27.9 Å². The molecule has 0 bridgehead atoms. The number of hydrogen-bond acceptors (Lipinski definition) is 3. The Kier molecular flexibility index (Phi) is 6.25. The first-order valence-electron chi connectivity index (χ1n) is 8.60. The lowest BCUT2D eigenvalue weighted by molar-refractivity contribution is 0.144. The van der Waals surface area contributed by atoms with Gasteiger partial charge < -0.3 is 4.90 Å². The highest BCUT2D eigenvalue weighted by Gasteiger charge is 2.23. The monoisotopic (exact) mass is 382 g/mol. The van der Waals surface area contributed by atoms with Gasteiger partial charge in [0.2, 0.25) is 0 Å². The molecule has 0 saturated carbocycles. The minimum absolute atomic E-state index is 0.912. The average Bonchev–Trinajstić information content (AvgIpc) is 2.54. The highest BCUT2D eigenvalue weighted by Crippen LogP contribution is 2.30. The molecule has 0 unspecified atom stereocenters. The molecule has 2 heterocycles. The van der Waals surface area contributed by atoms with Crippen molar-refractivity contribution in [2.24, 2.45) is 11.8 Å². The molecule has 122 valence electrons. The fourth-order valence-electron chi connectivity index (χ4n) is 3.44. The van der Waals surface area contributed by atoms with Crippen molar-refractivity contribution in [3.8, 4) is 0 Å². The molecule has 2 saturated heterocycles. The van der Waals surface area contributed by atoms with E-state index in [0.29, 0.717) is 0 Å². The number of benzene rings is 1. The van der Waals surface area contributed by atoms with Gasteiger partial charge in [-0.15, -0.1) is 0 Å². The molecule has 1 aromatic carbocycles. The van der Waals surface area contributed by atoms with Crippen LogP contribution in [0.1, 0.15) is 32.6 Å². The predicted molar refractivity (Wildman–Crippen MR) is 99.1 cm³/mol. The fraction of sp³-hybridized carbons (Fsp3) is 0.667. The minimum atomic E-state index is 0.912. The first-order valence-corrected chi connectivity index (χ1v) is 10.2. The Labute approximate surface area is 147 Å². The van der Waals surface area contributed by atoms with Crippen LogP contribution >= 0.6 is 27.9 Å². The van der Waals surface area contributed by atoms with Gasteiger partial charge in [0.25, 0.3) is 0 Å². The third-order valence-corrected chi connectivity index (χ3v) is 6.65. The molecule has 0 radical (unpaired) electrons. The smallest absolute Gasteiger partial charge is 0.0231 e. The molecular formula is C18H27BrN2S. The van der Waals surface area contributed by atoms with Crippen molar-refractivity contribution in [1.29, 1.82) is 0 Å². The maximum Gasteiger partial charge on any atom is 0.0231 e. The van der Waals surface area contributed by atoms with Gasteiger partial charge in [-0.3, -0.25) is 0 Å². The summed E-state index contributed by atoms with van der Waals surface area (Å²) in [4.78, 5) is 4.06. The van der Waals surface area contributed by atoms with Gasteiger partial charge >= 0.3 is 0 Å². The molecule has 3 rings (SSSR count). The van der Waals surface area contributed by atoms with Gasteiger partial charge in [-0.05, 0) is 86.8 Å². The van der Waals surface area contributed by atoms with Crippen LogP contribution in [0.25, 0.3) is 0 Å². The topological polar surface area (TPSA) is 6.48 Å². The summed E-state index contributed by atoms with van der Waals surface area (Å²) in [6.07, 6.45) is 5.52. The van der Waals surface area contributed by atoms with Gasteiger partial charge in [0.05, 0.1) is 0 Å². The molecule has 1 aromatic rings. The van der Waals surface area contributed by atoms with Crippen LogP contribution in [0, 0.1) is 11.8 Å². The zero-order chi connectivity index (χ0) is 15.4. The molecule has 0 aromatic heterocycles. The van der Waals surface area contributed by atoms with E-state index >= 15 is 0 Å². The van der Waals surface area contributed by atoms with Gasteiger partial charge in [0.1, 0.15) is 0 Å². The van der Waals surface area contributed by atoms with Crippen molar-refractivity contribution in [1.82, 2.24) is 9.21 Å². The zero-order valence-corrected chi connectivity index (χ0v) is 15.9. The largest absolute Gasteiger partial charge is 0.303 e. The van der Waals surface area contributed by atoms with Gasteiger partial charge in [-0.25, -0.2) is 4.31 Å². The molecule has 4 heteroatoms. The molecular weight excluding hydrogens is 356 g/mol. The van der Waals surface area contributed by atoms with Crippen molar-refractivity contribution in [3.63, 3.8) is 0 Å². The fourth-order valence-corrected chi connectivity index (χ4v) is 4.65. The highest BCUT2D eigenvalue weighted by atomic mass is 79.9. The van der Waals surface area contributed by atoms with E-state index in [-0.39, 0.29) is 0 Å². The van der Waals surface area contributed by atoms with Gasteiger partial charge in [-0.2, -0.15) is 0 Å². The molecule has 2 aliphatic rings. The molecule has 0 amide bonds. The molecule has 0 aliphatic carbocycles. The van der Waals surface area contributed by atoms with Crippen molar-refractivity contribution in [2.45, 2.75) is 37.5 Å². The first-order chi connectivity index (χ1) is 10.7. The summed E-state index contributed by atoms with van der Waals surface area (Å²) >= 11 is 5.42. The molecule has 0 spiro atoms. The van der Waals surface area contributed by atoms with Crippen LogP contribution in [0.4, 0.5) is 0 Å². The molecule has 22 heavy (non-hydrogen) atoms. The van der Waals surface area contributed by atoms with E-state index in [1.807, 2.05) is 11.9 Å². The summed E-state index contributed by atoms with van der Waals surface area (Å²) in [5, 5.41) is 0. The summed E-state index contributed by atoms with van der Waals surface area (Å²) in [5.41, 5.74) is 0. The molecule has 0 atom stereocenters.